The molecule has 0 saturated heterocycles. The Bertz CT molecular complexity index is 1860. The van der Waals surface area contributed by atoms with Crippen LogP contribution in [0.5, 0.6) is 5.75 Å². The van der Waals surface area contributed by atoms with Crippen molar-refractivity contribution in [3.05, 3.63) is 111 Å². The first-order chi connectivity index (χ1) is 19.6. The Morgan fingerprint density at radius 3 is 2.39 bits per heavy atom. The normalized spacial score (nSPS) is 11.5. The van der Waals surface area contributed by atoms with Crippen molar-refractivity contribution in [2.75, 3.05) is 7.11 Å². The number of thiophene rings is 1. The maximum Gasteiger partial charge on any atom is 0.335 e. The molecule has 0 radical (unpaired) electrons. The fourth-order valence-electron chi connectivity index (χ4n) is 4.44. The highest BCUT2D eigenvalue weighted by molar-refractivity contribution is 7.92. The first kappa shape index (κ1) is 28.3. The molecular weight excluding hydrogens is 586 g/mol. The highest BCUT2D eigenvalue weighted by atomic mass is 35.5. The van der Waals surface area contributed by atoms with Gasteiger partial charge in [-0.3, -0.25) is 9.48 Å². The standard InChI is InChI=1S/C29H24ClN3O6S2/c1-39-24-7-3-6-23-27(24)22(17-41(37,38)26-13-12-25(30)40-26)32-33(23)16-19-5-2-4-18(14-19)15-31-28(34)20-8-10-21(11-9-20)29(35)36/h2-14H,15-17H2,1H3,(H,31,34)(H,35,36). The van der Waals surface area contributed by atoms with Gasteiger partial charge in [0.25, 0.3) is 5.91 Å². The molecule has 1 amide bonds. The van der Waals surface area contributed by atoms with E-state index in [1.807, 2.05) is 36.4 Å². The molecule has 2 N–H and O–H groups in total. The van der Waals surface area contributed by atoms with Crippen LogP contribution < -0.4 is 10.1 Å². The predicted octanol–water partition coefficient (Wildman–Crippen LogP) is 5.41. The third-order valence-electron chi connectivity index (χ3n) is 6.38. The van der Waals surface area contributed by atoms with E-state index in [2.05, 4.69) is 5.32 Å². The third-order valence-corrected chi connectivity index (χ3v) is 9.83. The number of fused-ring (bicyclic) bond motifs is 1. The number of hydrogen-bond acceptors (Lipinski definition) is 7. The van der Waals surface area contributed by atoms with Gasteiger partial charge in [-0.15, -0.1) is 11.3 Å². The zero-order valence-corrected chi connectivity index (χ0v) is 24.1. The summed E-state index contributed by atoms with van der Waals surface area (Å²) in [5, 5.41) is 17.2. The van der Waals surface area contributed by atoms with Crippen molar-refractivity contribution in [1.29, 1.82) is 0 Å². The van der Waals surface area contributed by atoms with Gasteiger partial charge in [-0.1, -0.05) is 41.9 Å². The lowest BCUT2D eigenvalue weighted by Crippen LogP contribution is -2.22. The quantitative estimate of drug-likeness (QED) is 0.217. The molecule has 41 heavy (non-hydrogen) atoms. The number of carbonyl (C=O) groups is 2. The molecule has 9 nitrogen and oxygen atoms in total. The Hall–Kier alpha value is -4.19. The van der Waals surface area contributed by atoms with Gasteiger partial charge in [0.15, 0.2) is 9.84 Å². The van der Waals surface area contributed by atoms with E-state index in [-0.39, 0.29) is 28.0 Å². The maximum atomic E-state index is 13.1. The first-order valence-electron chi connectivity index (χ1n) is 12.3. The summed E-state index contributed by atoms with van der Waals surface area (Å²) < 4.78 is 34.2. The van der Waals surface area contributed by atoms with Gasteiger partial charge in [-0.2, -0.15) is 5.10 Å². The van der Waals surface area contributed by atoms with Crippen LogP contribution in [0.3, 0.4) is 0 Å². The van der Waals surface area contributed by atoms with Crippen molar-refractivity contribution < 1.29 is 27.9 Å². The molecule has 0 spiro atoms. The highest BCUT2D eigenvalue weighted by Gasteiger charge is 2.24. The van der Waals surface area contributed by atoms with Crippen LogP contribution in [0.25, 0.3) is 10.9 Å². The summed E-state index contributed by atoms with van der Waals surface area (Å²) in [5.41, 5.74) is 3.31. The zero-order chi connectivity index (χ0) is 29.1. The van der Waals surface area contributed by atoms with E-state index in [1.54, 1.807) is 16.8 Å². The van der Waals surface area contributed by atoms with E-state index in [9.17, 15) is 18.0 Å². The van der Waals surface area contributed by atoms with Crippen LogP contribution in [0.4, 0.5) is 0 Å². The number of ether oxygens (including phenoxy) is 1. The molecule has 0 aliphatic carbocycles. The fourth-order valence-corrected chi connectivity index (χ4v) is 7.29. The SMILES string of the molecule is COc1cccc2c1c(CS(=O)(=O)c1ccc(Cl)s1)nn2Cc1cccc(CNC(=O)c2ccc(C(=O)O)cc2)c1. The number of amides is 1. The minimum atomic E-state index is -3.69. The Balaban J connectivity index is 1.37. The van der Waals surface area contributed by atoms with E-state index in [1.165, 1.54) is 37.4 Å². The largest absolute Gasteiger partial charge is 0.496 e. The predicted molar refractivity (Wildman–Crippen MR) is 157 cm³/mol. The summed E-state index contributed by atoms with van der Waals surface area (Å²) in [7, 11) is -2.16. The number of aromatic nitrogens is 2. The Kier molecular flexibility index (Phi) is 8.11. The number of nitrogens with zero attached hydrogens (tertiary/aromatic N) is 2. The highest BCUT2D eigenvalue weighted by Crippen LogP contribution is 2.33. The lowest BCUT2D eigenvalue weighted by Gasteiger charge is -2.09. The second-order valence-electron chi connectivity index (χ2n) is 9.16. The van der Waals surface area contributed by atoms with E-state index in [4.69, 9.17) is 26.5 Å². The number of carbonyl (C=O) groups excluding carboxylic acids is 1. The second kappa shape index (κ2) is 11.7. The van der Waals surface area contributed by atoms with E-state index in [0.717, 1.165) is 28.0 Å². The summed E-state index contributed by atoms with van der Waals surface area (Å²) in [6.45, 7) is 0.612. The first-order valence-corrected chi connectivity index (χ1v) is 15.2. The number of rotatable bonds is 10. The molecule has 0 aliphatic heterocycles. The average Bonchev–Trinajstić information content (AvgIpc) is 3.55. The Morgan fingerprint density at radius 1 is 1.00 bits per heavy atom. The molecule has 0 aliphatic rings. The molecule has 5 rings (SSSR count). The Morgan fingerprint density at radius 2 is 1.71 bits per heavy atom. The van der Waals surface area contributed by atoms with Gasteiger partial charge in [-0.25, -0.2) is 13.2 Å². The molecule has 210 valence electrons. The molecule has 2 heterocycles. The van der Waals surface area contributed by atoms with Gasteiger partial charge >= 0.3 is 5.97 Å². The summed E-state index contributed by atoms with van der Waals surface area (Å²) in [6.07, 6.45) is 0. The van der Waals surface area contributed by atoms with Gasteiger partial charge < -0.3 is 15.2 Å². The molecule has 0 saturated carbocycles. The van der Waals surface area contributed by atoms with E-state index >= 15 is 0 Å². The molecule has 0 unspecified atom stereocenters. The van der Waals surface area contributed by atoms with Crippen molar-refractivity contribution in [3.63, 3.8) is 0 Å². The number of methoxy groups -OCH3 is 1. The Labute approximate surface area is 244 Å². The molecule has 5 aromatic rings. The number of benzene rings is 3. The van der Waals surface area contributed by atoms with Crippen molar-refractivity contribution in [1.82, 2.24) is 15.1 Å². The summed E-state index contributed by atoms with van der Waals surface area (Å²) in [4.78, 5) is 23.6. The molecule has 3 aromatic carbocycles. The van der Waals surface area contributed by atoms with E-state index in [0.29, 0.717) is 33.3 Å². The topological polar surface area (TPSA) is 128 Å². The number of carboxylic acid groups (broad SMARTS) is 1. The number of aromatic carboxylic acids is 1. The fraction of sp³-hybridized carbons (Fsp3) is 0.138. The van der Waals surface area contributed by atoms with Gasteiger partial charge in [0.1, 0.15) is 15.7 Å². The average molecular weight is 610 g/mol. The van der Waals surface area contributed by atoms with Crippen molar-refractivity contribution in [2.45, 2.75) is 23.1 Å². The molecular formula is C29H24ClN3O6S2. The number of carboxylic acids is 1. The van der Waals surface area contributed by atoms with Crippen LogP contribution in [0.1, 0.15) is 37.5 Å². The van der Waals surface area contributed by atoms with Gasteiger partial charge in [0, 0.05) is 12.1 Å². The smallest absolute Gasteiger partial charge is 0.335 e. The summed E-state index contributed by atoms with van der Waals surface area (Å²) in [6, 6.07) is 21.8. The molecule has 0 fully saturated rings. The van der Waals surface area contributed by atoms with Crippen molar-refractivity contribution in [2.24, 2.45) is 0 Å². The second-order valence-corrected chi connectivity index (χ2v) is 13.1. The number of sulfone groups is 1. The lowest BCUT2D eigenvalue weighted by molar-refractivity contribution is 0.0696. The number of halogens is 1. The number of hydrogen-bond donors (Lipinski definition) is 2. The van der Waals surface area contributed by atoms with Gasteiger partial charge in [0.05, 0.1) is 40.2 Å². The van der Waals surface area contributed by atoms with Crippen LogP contribution in [0.15, 0.2) is 83.1 Å². The summed E-state index contributed by atoms with van der Waals surface area (Å²) >= 11 is 6.98. The van der Waals surface area contributed by atoms with Gasteiger partial charge in [-0.05, 0) is 59.7 Å². The third kappa shape index (κ3) is 6.27. The molecule has 2 aromatic heterocycles. The van der Waals surface area contributed by atoms with E-state index < -0.39 is 15.8 Å². The van der Waals surface area contributed by atoms with Crippen molar-refractivity contribution in [3.8, 4) is 5.75 Å². The van der Waals surface area contributed by atoms with Crippen LogP contribution >= 0.6 is 22.9 Å². The monoisotopic (exact) mass is 609 g/mol. The van der Waals surface area contributed by atoms with Gasteiger partial charge in [0.2, 0.25) is 0 Å². The van der Waals surface area contributed by atoms with Crippen LogP contribution in [0, 0.1) is 0 Å². The lowest BCUT2D eigenvalue weighted by atomic mass is 10.1. The van der Waals surface area contributed by atoms with Crippen LogP contribution in [-0.4, -0.2) is 42.3 Å². The molecule has 0 atom stereocenters. The van der Waals surface area contributed by atoms with Crippen LogP contribution in [-0.2, 0) is 28.7 Å². The summed E-state index contributed by atoms with van der Waals surface area (Å²) in [5.74, 6) is -1.17. The van der Waals surface area contributed by atoms with Crippen molar-refractivity contribution >= 4 is 55.6 Å². The number of nitrogens with one attached hydrogen (secondary N) is 1. The molecule has 0 bridgehead atoms. The molecule has 12 heteroatoms. The zero-order valence-electron chi connectivity index (χ0n) is 21.7. The van der Waals surface area contributed by atoms with Crippen LogP contribution in [0.2, 0.25) is 4.34 Å². The maximum absolute atomic E-state index is 13.1. The minimum absolute atomic E-state index is 0.106. The minimum Gasteiger partial charge on any atom is -0.496 e.